The van der Waals surface area contributed by atoms with Gasteiger partial charge in [-0.3, -0.25) is 4.79 Å². The number of nitrogens with one attached hydrogen (secondary N) is 1. The molecule has 0 aliphatic carbocycles. The van der Waals surface area contributed by atoms with Crippen LogP contribution in [0.15, 0.2) is 53.1 Å². The molecule has 2 aromatic rings. The van der Waals surface area contributed by atoms with E-state index in [0.717, 1.165) is 11.5 Å². The zero-order valence-corrected chi connectivity index (χ0v) is 11.5. The van der Waals surface area contributed by atoms with E-state index in [2.05, 4.69) is 5.32 Å². The van der Waals surface area contributed by atoms with E-state index in [9.17, 15) is 4.79 Å². The first-order chi connectivity index (χ1) is 9.74. The van der Waals surface area contributed by atoms with Crippen LogP contribution in [0.25, 0.3) is 0 Å². The van der Waals surface area contributed by atoms with E-state index >= 15 is 0 Å². The molecule has 0 fully saturated rings. The maximum Gasteiger partial charge on any atom is 0.220 e. The number of benzene rings is 1. The molecule has 106 valence electrons. The lowest BCUT2D eigenvalue weighted by Crippen LogP contribution is -2.33. The molecule has 1 atom stereocenters. The average molecular weight is 273 g/mol. The van der Waals surface area contributed by atoms with E-state index in [1.807, 2.05) is 49.4 Å². The Balaban J connectivity index is 1.65. The molecule has 2 rings (SSSR count). The Morgan fingerprint density at radius 3 is 2.75 bits per heavy atom. The second-order valence-corrected chi connectivity index (χ2v) is 4.62. The zero-order chi connectivity index (χ0) is 14.2. The van der Waals surface area contributed by atoms with Crippen LogP contribution in [-0.4, -0.2) is 18.6 Å². The molecule has 0 spiro atoms. The molecule has 0 bridgehead atoms. The van der Waals surface area contributed by atoms with Gasteiger partial charge in [-0.1, -0.05) is 18.2 Å². The first kappa shape index (κ1) is 14.2. The number of aryl methyl sites for hydroxylation is 1. The number of carbonyl (C=O) groups excluding carboxylic acids is 1. The predicted octanol–water partition coefficient (Wildman–Crippen LogP) is 2.80. The Hall–Kier alpha value is -2.23. The maximum absolute atomic E-state index is 11.7. The minimum absolute atomic E-state index is 0.00455. The van der Waals surface area contributed by atoms with Crippen molar-refractivity contribution in [2.75, 3.05) is 6.54 Å². The molecule has 0 aliphatic heterocycles. The summed E-state index contributed by atoms with van der Waals surface area (Å²) in [4.78, 5) is 11.7. The first-order valence-corrected chi connectivity index (χ1v) is 6.75. The number of rotatable bonds is 7. The maximum atomic E-state index is 11.7. The standard InChI is InChI=1S/C16H19NO3/c1-13(20-15-6-3-2-4-7-15)12-17-16(18)10-9-14-8-5-11-19-14/h2-8,11,13H,9-10,12H2,1H3,(H,17,18). The summed E-state index contributed by atoms with van der Waals surface area (Å²) in [5.74, 6) is 1.64. The van der Waals surface area contributed by atoms with E-state index < -0.39 is 0 Å². The number of amides is 1. The molecule has 0 saturated heterocycles. The van der Waals surface area contributed by atoms with Crippen LogP contribution in [0.4, 0.5) is 0 Å². The van der Waals surface area contributed by atoms with Crippen molar-refractivity contribution in [3.05, 3.63) is 54.5 Å². The molecule has 0 radical (unpaired) electrons. The van der Waals surface area contributed by atoms with Gasteiger partial charge in [0, 0.05) is 12.8 Å². The van der Waals surface area contributed by atoms with Gasteiger partial charge in [-0.2, -0.15) is 0 Å². The lowest BCUT2D eigenvalue weighted by atomic mass is 10.2. The third-order valence-corrected chi connectivity index (χ3v) is 2.85. The fourth-order valence-electron chi connectivity index (χ4n) is 1.81. The topological polar surface area (TPSA) is 51.5 Å². The van der Waals surface area contributed by atoms with Gasteiger partial charge in [0.2, 0.25) is 5.91 Å². The van der Waals surface area contributed by atoms with E-state index in [4.69, 9.17) is 9.15 Å². The van der Waals surface area contributed by atoms with Crippen molar-refractivity contribution >= 4 is 5.91 Å². The summed E-state index contributed by atoms with van der Waals surface area (Å²) in [6, 6.07) is 13.3. The van der Waals surface area contributed by atoms with Crippen LogP contribution in [-0.2, 0) is 11.2 Å². The number of hydrogen-bond acceptors (Lipinski definition) is 3. The summed E-state index contributed by atoms with van der Waals surface area (Å²) in [5, 5.41) is 2.86. The van der Waals surface area contributed by atoms with Crippen LogP contribution in [0, 0.1) is 0 Å². The predicted molar refractivity (Wildman–Crippen MR) is 76.6 cm³/mol. The van der Waals surface area contributed by atoms with Crippen molar-refractivity contribution in [3.63, 3.8) is 0 Å². The van der Waals surface area contributed by atoms with E-state index in [1.54, 1.807) is 6.26 Å². The van der Waals surface area contributed by atoms with E-state index in [-0.39, 0.29) is 12.0 Å². The monoisotopic (exact) mass is 273 g/mol. The van der Waals surface area contributed by atoms with Crippen LogP contribution >= 0.6 is 0 Å². The lowest BCUT2D eigenvalue weighted by molar-refractivity contribution is -0.121. The summed E-state index contributed by atoms with van der Waals surface area (Å²) in [7, 11) is 0. The molecule has 0 saturated carbocycles. The molecule has 1 aromatic heterocycles. The first-order valence-electron chi connectivity index (χ1n) is 6.75. The highest BCUT2D eigenvalue weighted by Gasteiger charge is 2.07. The molecule has 1 aromatic carbocycles. The number of ether oxygens (including phenoxy) is 1. The number of para-hydroxylation sites is 1. The molecule has 0 aliphatic rings. The molecule has 4 nitrogen and oxygen atoms in total. The summed E-state index contributed by atoms with van der Waals surface area (Å²) in [6.45, 7) is 2.42. The summed E-state index contributed by atoms with van der Waals surface area (Å²) >= 11 is 0. The second kappa shape index (κ2) is 7.38. The fraction of sp³-hybridized carbons (Fsp3) is 0.312. The summed E-state index contributed by atoms with van der Waals surface area (Å²) in [5.41, 5.74) is 0. The van der Waals surface area contributed by atoms with Gasteiger partial charge >= 0.3 is 0 Å². The van der Waals surface area contributed by atoms with Gasteiger partial charge in [0.1, 0.15) is 17.6 Å². The van der Waals surface area contributed by atoms with Crippen LogP contribution < -0.4 is 10.1 Å². The van der Waals surface area contributed by atoms with Crippen molar-refractivity contribution in [3.8, 4) is 5.75 Å². The molecule has 1 amide bonds. The van der Waals surface area contributed by atoms with Crippen molar-refractivity contribution in [2.45, 2.75) is 25.9 Å². The van der Waals surface area contributed by atoms with Gasteiger partial charge in [-0.15, -0.1) is 0 Å². The van der Waals surface area contributed by atoms with Crippen molar-refractivity contribution in [2.24, 2.45) is 0 Å². The molecule has 1 N–H and O–H groups in total. The molecular weight excluding hydrogens is 254 g/mol. The number of carbonyl (C=O) groups is 1. The number of hydrogen-bond donors (Lipinski definition) is 1. The quantitative estimate of drug-likeness (QED) is 0.844. The van der Waals surface area contributed by atoms with Crippen LogP contribution in [0.2, 0.25) is 0 Å². The van der Waals surface area contributed by atoms with Gasteiger partial charge in [0.25, 0.3) is 0 Å². The van der Waals surface area contributed by atoms with Gasteiger partial charge < -0.3 is 14.5 Å². The Kier molecular flexibility index (Phi) is 5.24. The third kappa shape index (κ3) is 4.80. The molecule has 4 heteroatoms. The van der Waals surface area contributed by atoms with Crippen LogP contribution in [0.3, 0.4) is 0 Å². The lowest BCUT2D eigenvalue weighted by Gasteiger charge is -2.15. The van der Waals surface area contributed by atoms with Crippen molar-refractivity contribution in [1.82, 2.24) is 5.32 Å². The molecule has 20 heavy (non-hydrogen) atoms. The van der Waals surface area contributed by atoms with Crippen LogP contribution in [0.1, 0.15) is 19.1 Å². The zero-order valence-electron chi connectivity index (χ0n) is 11.5. The second-order valence-electron chi connectivity index (χ2n) is 4.62. The minimum atomic E-state index is -0.0648. The molecule has 1 unspecified atom stereocenters. The van der Waals surface area contributed by atoms with Gasteiger partial charge in [-0.05, 0) is 31.2 Å². The van der Waals surface area contributed by atoms with Gasteiger partial charge in [0.05, 0.1) is 12.8 Å². The Bertz CT molecular complexity index is 508. The van der Waals surface area contributed by atoms with E-state index in [1.165, 1.54) is 0 Å². The van der Waals surface area contributed by atoms with Gasteiger partial charge in [0.15, 0.2) is 0 Å². The SMILES string of the molecule is CC(CNC(=O)CCc1ccco1)Oc1ccccc1. The molecular formula is C16H19NO3. The highest BCUT2D eigenvalue weighted by atomic mass is 16.5. The highest BCUT2D eigenvalue weighted by Crippen LogP contribution is 2.10. The van der Waals surface area contributed by atoms with Crippen molar-refractivity contribution < 1.29 is 13.9 Å². The number of furan rings is 1. The average Bonchev–Trinajstić information content (AvgIpc) is 2.97. The Morgan fingerprint density at radius 2 is 2.05 bits per heavy atom. The van der Waals surface area contributed by atoms with Crippen molar-refractivity contribution in [1.29, 1.82) is 0 Å². The third-order valence-electron chi connectivity index (χ3n) is 2.85. The van der Waals surface area contributed by atoms with Gasteiger partial charge in [-0.25, -0.2) is 0 Å². The summed E-state index contributed by atoms with van der Waals surface area (Å²) < 4.78 is 10.9. The normalized spacial score (nSPS) is 11.8. The smallest absolute Gasteiger partial charge is 0.220 e. The Labute approximate surface area is 118 Å². The van der Waals surface area contributed by atoms with Crippen LogP contribution in [0.5, 0.6) is 5.75 Å². The largest absolute Gasteiger partial charge is 0.489 e. The Morgan fingerprint density at radius 1 is 1.25 bits per heavy atom. The van der Waals surface area contributed by atoms with E-state index in [0.29, 0.717) is 19.4 Å². The molecule has 1 heterocycles. The highest BCUT2D eigenvalue weighted by molar-refractivity contribution is 5.76. The minimum Gasteiger partial charge on any atom is -0.489 e. The summed E-state index contributed by atoms with van der Waals surface area (Å²) in [6.07, 6.45) is 2.59. The fourth-order valence-corrected chi connectivity index (χ4v) is 1.81.